The van der Waals surface area contributed by atoms with Gasteiger partial charge in [-0.25, -0.2) is 0 Å². The van der Waals surface area contributed by atoms with Crippen LogP contribution >= 0.6 is 0 Å². The molecule has 2 heteroatoms. The predicted molar refractivity (Wildman–Crippen MR) is 65.6 cm³/mol. The number of benzene rings is 1. The van der Waals surface area contributed by atoms with E-state index in [-0.39, 0.29) is 0 Å². The monoisotopic (exact) mass is 215 g/mol. The van der Waals surface area contributed by atoms with Crippen molar-refractivity contribution in [3.8, 4) is 0 Å². The molecule has 1 saturated heterocycles. The first-order valence-electron chi connectivity index (χ1n) is 6.02. The van der Waals surface area contributed by atoms with Crippen LogP contribution in [0.2, 0.25) is 0 Å². The first-order chi connectivity index (χ1) is 7.83. The Morgan fingerprint density at radius 2 is 2.38 bits per heavy atom. The number of hydrogen-bond acceptors (Lipinski definition) is 2. The zero-order chi connectivity index (χ0) is 11.0. The number of hydrogen-bond donors (Lipinski definition) is 1. The van der Waals surface area contributed by atoms with Crippen molar-refractivity contribution in [1.29, 1.82) is 0 Å². The van der Waals surface area contributed by atoms with Crippen molar-refractivity contribution in [1.82, 2.24) is 5.32 Å². The molecule has 2 aromatic rings. The summed E-state index contributed by atoms with van der Waals surface area (Å²) in [5.74, 6) is 1.78. The van der Waals surface area contributed by atoms with Gasteiger partial charge in [0.15, 0.2) is 0 Å². The largest absolute Gasteiger partial charge is 0.461 e. The highest BCUT2D eigenvalue weighted by molar-refractivity contribution is 5.81. The molecule has 0 saturated carbocycles. The number of rotatable bonds is 2. The molecule has 1 aromatic heterocycles. The second-order valence-corrected chi connectivity index (χ2v) is 4.76. The van der Waals surface area contributed by atoms with Crippen molar-refractivity contribution in [2.75, 3.05) is 13.1 Å². The van der Waals surface area contributed by atoms with E-state index >= 15 is 0 Å². The minimum absolute atomic E-state index is 0.774. The van der Waals surface area contributed by atoms with Crippen molar-refractivity contribution in [3.63, 3.8) is 0 Å². The summed E-state index contributed by atoms with van der Waals surface area (Å²) >= 11 is 0. The maximum atomic E-state index is 5.79. The molecule has 2 nitrogen and oxygen atoms in total. The first kappa shape index (κ1) is 9.91. The molecule has 1 fully saturated rings. The van der Waals surface area contributed by atoms with E-state index < -0.39 is 0 Å². The summed E-state index contributed by atoms with van der Waals surface area (Å²) in [4.78, 5) is 0. The summed E-state index contributed by atoms with van der Waals surface area (Å²) in [7, 11) is 0. The van der Waals surface area contributed by atoms with Gasteiger partial charge in [0.25, 0.3) is 0 Å². The molecule has 84 valence electrons. The minimum atomic E-state index is 0.774. The standard InChI is InChI=1S/C14H17NO/c1-10-7-12-3-2-4-13(14(12)16-10)8-11-5-6-15-9-11/h2-4,7,11,15H,5-6,8-9H2,1H3. The summed E-state index contributed by atoms with van der Waals surface area (Å²) in [6.07, 6.45) is 2.42. The summed E-state index contributed by atoms with van der Waals surface area (Å²) in [5, 5.41) is 4.65. The van der Waals surface area contributed by atoms with Gasteiger partial charge in [-0.05, 0) is 50.4 Å². The Balaban J connectivity index is 1.95. The van der Waals surface area contributed by atoms with E-state index in [1.165, 1.54) is 17.4 Å². The molecule has 3 rings (SSSR count). The SMILES string of the molecule is Cc1cc2cccc(CC3CCNC3)c2o1. The Morgan fingerprint density at radius 3 is 3.19 bits per heavy atom. The van der Waals surface area contributed by atoms with Gasteiger partial charge < -0.3 is 9.73 Å². The van der Waals surface area contributed by atoms with Crippen LogP contribution in [0.1, 0.15) is 17.7 Å². The van der Waals surface area contributed by atoms with E-state index in [4.69, 9.17) is 4.42 Å². The lowest BCUT2D eigenvalue weighted by atomic mass is 9.97. The van der Waals surface area contributed by atoms with Crippen molar-refractivity contribution < 1.29 is 4.42 Å². The topological polar surface area (TPSA) is 25.2 Å². The van der Waals surface area contributed by atoms with E-state index in [1.54, 1.807) is 0 Å². The number of nitrogens with one attached hydrogen (secondary N) is 1. The fourth-order valence-corrected chi connectivity index (χ4v) is 2.61. The fraction of sp³-hybridized carbons (Fsp3) is 0.429. The minimum Gasteiger partial charge on any atom is -0.461 e. The number of aryl methyl sites for hydroxylation is 1. The van der Waals surface area contributed by atoms with Crippen molar-refractivity contribution in [2.24, 2.45) is 5.92 Å². The number of fused-ring (bicyclic) bond motifs is 1. The predicted octanol–water partition coefficient (Wildman–Crippen LogP) is 2.89. The number of furan rings is 1. The van der Waals surface area contributed by atoms with Crippen LogP contribution in [-0.4, -0.2) is 13.1 Å². The van der Waals surface area contributed by atoms with E-state index in [0.717, 1.165) is 36.8 Å². The van der Waals surface area contributed by atoms with E-state index in [2.05, 4.69) is 29.6 Å². The summed E-state index contributed by atoms with van der Waals surface area (Å²) in [6, 6.07) is 8.58. The van der Waals surface area contributed by atoms with Gasteiger partial charge in [0, 0.05) is 5.39 Å². The van der Waals surface area contributed by atoms with Gasteiger partial charge in [-0.1, -0.05) is 18.2 Å². The van der Waals surface area contributed by atoms with Crippen LogP contribution < -0.4 is 5.32 Å². The summed E-state index contributed by atoms with van der Waals surface area (Å²) in [5.41, 5.74) is 2.45. The normalized spacial score (nSPS) is 20.7. The van der Waals surface area contributed by atoms with Gasteiger partial charge in [-0.2, -0.15) is 0 Å². The Labute approximate surface area is 95.6 Å². The lowest BCUT2D eigenvalue weighted by molar-refractivity contribution is 0.552. The molecule has 1 N–H and O–H groups in total. The van der Waals surface area contributed by atoms with E-state index in [1.807, 2.05) is 6.92 Å². The second kappa shape index (κ2) is 3.95. The summed E-state index contributed by atoms with van der Waals surface area (Å²) < 4.78 is 5.79. The third-order valence-corrected chi connectivity index (χ3v) is 3.42. The lowest BCUT2D eigenvalue weighted by Crippen LogP contribution is -2.10. The molecule has 0 spiro atoms. The Bertz CT molecular complexity index is 494. The molecular formula is C14H17NO. The molecule has 1 aliphatic heterocycles. The highest BCUT2D eigenvalue weighted by atomic mass is 16.3. The van der Waals surface area contributed by atoms with E-state index in [0.29, 0.717) is 0 Å². The highest BCUT2D eigenvalue weighted by Crippen LogP contribution is 2.26. The molecule has 1 atom stereocenters. The average molecular weight is 215 g/mol. The maximum Gasteiger partial charge on any atom is 0.137 e. The quantitative estimate of drug-likeness (QED) is 0.833. The van der Waals surface area contributed by atoms with Gasteiger partial charge in [0.1, 0.15) is 11.3 Å². The smallest absolute Gasteiger partial charge is 0.137 e. The highest BCUT2D eigenvalue weighted by Gasteiger charge is 2.17. The third kappa shape index (κ3) is 1.74. The van der Waals surface area contributed by atoms with Gasteiger partial charge in [-0.15, -0.1) is 0 Å². The van der Waals surface area contributed by atoms with E-state index in [9.17, 15) is 0 Å². The zero-order valence-corrected chi connectivity index (χ0v) is 9.62. The van der Waals surface area contributed by atoms with Crippen LogP contribution in [0.4, 0.5) is 0 Å². The van der Waals surface area contributed by atoms with Gasteiger partial charge in [0.05, 0.1) is 0 Å². The Kier molecular flexibility index (Phi) is 2.44. The van der Waals surface area contributed by atoms with Crippen LogP contribution in [-0.2, 0) is 6.42 Å². The zero-order valence-electron chi connectivity index (χ0n) is 9.62. The average Bonchev–Trinajstić information content (AvgIpc) is 2.86. The fourth-order valence-electron chi connectivity index (χ4n) is 2.61. The lowest BCUT2D eigenvalue weighted by Gasteiger charge is -2.08. The molecule has 0 radical (unpaired) electrons. The molecule has 0 aliphatic carbocycles. The van der Waals surface area contributed by atoms with Crippen LogP contribution in [0.25, 0.3) is 11.0 Å². The van der Waals surface area contributed by atoms with Crippen molar-refractivity contribution in [2.45, 2.75) is 19.8 Å². The first-order valence-corrected chi connectivity index (χ1v) is 6.02. The van der Waals surface area contributed by atoms with Crippen LogP contribution in [0, 0.1) is 12.8 Å². The molecule has 16 heavy (non-hydrogen) atoms. The molecule has 1 aliphatic rings. The van der Waals surface area contributed by atoms with Gasteiger partial charge in [-0.3, -0.25) is 0 Å². The molecule has 0 bridgehead atoms. The second-order valence-electron chi connectivity index (χ2n) is 4.76. The molecule has 1 unspecified atom stereocenters. The molecule has 1 aromatic carbocycles. The molecule has 2 heterocycles. The summed E-state index contributed by atoms with van der Waals surface area (Å²) in [6.45, 7) is 4.33. The van der Waals surface area contributed by atoms with Crippen molar-refractivity contribution in [3.05, 3.63) is 35.6 Å². The van der Waals surface area contributed by atoms with Gasteiger partial charge in [0.2, 0.25) is 0 Å². The third-order valence-electron chi connectivity index (χ3n) is 3.42. The maximum absolute atomic E-state index is 5.79. The van der Waals surface area contributed by atoms with Crippen LogP contribution in [0.3, 0.4) is 0 Å². The number of para-hydroxylation sites is 1. The molecular weight excluding hydrogens is 198 g/mol. The van der Waals surface area contributed by atoms with Crippen LogP contribution in [0.5, 0.6) is 0 Å². The van der Waals surface area contributed by atoms with Gasteiger partial charge >= 0.3 is 0 Å². The van der Waals surface area contributed by atoms with Crippen molar-refractivity contribution >= 4 is 11.0 Å². The Morgan fingerprint density at radius 1 is 1.44 bits per heavy atom. The van der Waals surface area contributed by atoms with Crippen LogP contribution in [0.15, 0.2) is 28.7 Å². The Hall–Kier alpha value is -1.28. The molecule has 0 amide bonds.